The molecule has 0 spiro atoms. The van der Waals surface area contributed by atoms with Crippen molar-refractivity contribution >= 4 is 11.4 Å². The first kappa shape index (κ1) is 18.1. The second-order valence-electron chi connectivity index (χ2n) is 6.64. The molecule has 1 aromatic carbocycles. The number of rotatable bonds is 7. The van der Waals surface area contributed by atoms with Crippen LogP contribution in [0.1, 0.15) is 39.7 Å². The second kappa shape index (κ2) is 7.90. The van der Waals surface area contributed by atoms with E-state index in [1.54, 1.807) is 6.92 Å². The SMILES string of the molecule is C=C(/C=C\C(=C)c1ccccc1)CC(NC(C)(C)C)C(C)=O. The molecule has 1 aromatic rings. The van der Waals surface area contributed by atoms with Crippen molar-refractivity contribution in [2.24, 2.45) is 0 Å². The highest BCUT2D eigenvalue weighted by molar-refractivity contribution is 5.82. The lowest BCUT2D eigenvalue weighted by Gasteiger charge is -2.27. The van der Waals surface area contributed by atoms with Gasteiger partial charge in [-0.3, -0.25) is 4.79 Å². The van der Waals surface area contributed by atoms with Gasteiger partial charge in [0.2, 0.25) is 0 Å². The van der Waals surface area contributed by atoms with Gasteiger partial charge >= 0.3 is 0 Å². The van der Waals surface area contributed by atoms with E-state index < -0.39 is 0 Å². The number of carbonyl (C=O) groups is 1. The summed E-state index contributed by atoms with van der Waals surface area (Å²) < 4.78 is 0. The van der Waals surface area contributed by atoms with Gasteiger partial charge < -0.3 is 5.32 Å². The average Bonchev–Trinajstić information content (AvgIpc) is 2.43. The molecule has 1 atom stereocenters. The van der Waals surface area contributed by atoms with Crippen molar-refractivity contribution < 1.29 is 4.79 Å². The molecule has 1 N–H and O–H groups in total. The van der Waals surface area contributed by atoms with Crippen molar-refractivity contribution in [3.05, 3.63) is 66.8 Å². The predicted molar refractivity (Wildman–Crippen MR) is 95.7 cm³/mol. The van der Waals surface area contributed by atoms with E-state index in [1.165, 1.54) is 0 Å². The van der Waals surface area contributed by atoms with Crippen molar-refractivity contribution in [1.29, 1.82) is 0 Å². The molecule has 0 saturated heterocycles. The third kappa shape index (κ3) is 6.68. The highest BCUT2D eigenvalue weighted by atomic mass is 16.1. The first-order chi connectivity index (χ1) is 10.2. The first-order valence-corrected chi connectivity index (χ1v) is 7.57. The van der Waals surface area contributed by atoms with Gasteiger partial charge in [0, 0.05) is 5.54 Å². The standard InChI is InChI=1S/C20H27NO/c1-15(14-19(17(3)22)21-20(4,5)6)12-13-16(2)18-10-8-7-9-11-18/h7-13,19,21H,1-2,14H2,3-6H3/b13-12-. The van der Waals surface area contributed by atoms with Crippen LogP contribution in [-0.2, 0) is 4.79 Å². The summed E-state index contributed by atoms with van der Waals surface area (Å²) in [6.07, 6.45) is 4.49. The number of benzene rings is 1. The van der Waals surface area contributed by atoms with E-state index >= 15 is 0 Å². The molecule has 0 amide bonds. The van der Waals surface area contributed by atoms with Gasteiger partial charge in [-0.05, 0) is 45.3 Å². The molecule has 1 unspecified atom stereocenters. The maximum absolute atomic E-state index is 11.8. The Morgan fingerprint density at radius 1 is 1.18 bits per heavy atom. The normalized spacial score (nSPS) is 13.1. The van der Waals surface area contributed by atoms with Crippen LogP contribution < -0.4 is 5.32 Å². The topological polar surface area (TPSA) is 29.1 Å². The Morgan fingerprint density at radius 3 is 2.27 bits per heavy atom. The summed E-state index contributed by atoms with van der Waals surface area (Å²) in [7, 11) is 0. The van der Waals surface area contributed by atoms with Crippen LogP contribution in [0.3, 0.4) is 0 Å². The molecule has 0 saturated carbocycles. The summed E-state index contributed by atoms with van der Waals surface area (Å²) >= 11 is 0. The fraction of sp³-hybridized carbons (Fsp3) is 0.350. The minimum absolute atomic E-state index is 0.103. The molecule has 2 nitrogen and oxygen atoms in total. The van der Waals surface area contributed by atoms with E-state index in [4.69, 9.17) is 0 Å². The Bertz CT molecular complexity index is 561. The number of allylic oxidation sites excluding steroid dienone is 3. The van der Waals surface area contributed by atoms with Crippen LogP contribution in [0.15, 0.2) is 61.2 Å². The zero-order valence-corrected chi connectivity index (χ0v) is 14.1. The number of ketones is 1. The Kier molecular flexibility index (Phi) is 6.51. The Balaban J connectivity index is 2.66. The van der Waals surface area contributed by atoms with Gasteiger partial charge in [-0.2, -0.15) is 0 Å². The van der Waals surface area contributed by atoms with E-state index in [2.05, 4.69) is 39.2 Å². The molecule has 0 aromatic heterocycles. The lowest BCUT2D eigenvalue weighted by Crippen LogP contribution is -2.47. The first-order valence-electron chi connectivity index (χ1n) is 7.57. The molecule has 22 heavy (non-hydrogen) atoms. The molecule has 0 aliphatic heterocycles. The van der Waals surface area contributed by atoms with Gasteiger partial charge in [-0.15, -0.1) is 0 Å². The Hall–Kier alpha value is -1.93. The van der Waals surface area contributed by atoms with Crippen molar-refractivity contribution in [2.75, 3.05) is 0 Å². The predicted octanol–water partition coefficient (Wildman–Crippen LogP) is 4.55. The molecule has 0 radical (unpaired) electrons. The zero-order chi connectivity index (χ0) is 16.8. The maximum Gasteiger partial charge on any atom is 0.147 e. The van der Waals surface area contributed by atoms with Gasteiger partial charge in [0.15, 0.2) is 0 Å². The van der Waals surface area contributed by atoms with Crippen LogP contribution in [0.5, 0.6) is 0 Å². The quantitative estimate of drug-likeness (QED) is 0.748. The minimum Gasteiger partial charge on any atom is -0.302 e. The third-order valence-corrected chi connectivity index (χ3v) is 3.23. The van der Waals surface area contributed by atoms with Crippen LogP contribution in [0.4, 0.5) is 0 Å². The van der Waals surface area contributed by atoms with Crippen LogP contribution in [0, 0.1) is 0 Å². The number of Topliss-reactive ketones (excluding diaryl/α,β-unsaturated/α-hetero) is 1. The zero-order valence-electron chi connectivity index (χ0n) is 14.1. The van der Waals surface area contributed by atoms with Crippen LogP contribution in [0.2, 0.25) is 0 Å². The van der Waals surface area contributed by atoms with Crippen LogP contribution in [-0.4, -0.2) is 17.4 Å². The number of hydrogen-bond acceptors (Lipinski definition) is 2. The molecule has 2 heteroatoms. The fourth-order valence-electron chi connectivity index (χ4n) is 2.12. The van der Waals surface area contributed by atoms with E-state index in [0.717, 1.165) is 16.7 Å². The molecule has 0 aliphatic carbocycles. The molecular weight excluding hydrogens is 270 g/mol. The van der Waals surface area contributed by atoms with E-state index in [9.17, 15) is 4.79 Å². The fourth-order valence-corrected chi connectivity index (χ4v) is 2.12. The second-order valence-corrected chi connectivity index (χ2v) is 6.64. The van der Waals surface area contributed by atoms with Crippen molar-refractivity contribution in [3.63, 3.8) is 0 Å². The van der Waals surface area contributed by atoms with Crippen LogP contribution in [0.25, 0.3) is 5.57 Å². The summed E-state index contributed by atoms with van der Waals surface area (Å²) in [6, 6.07) is 9.80. The molecule has 0 bridgehead atoms. The molecule has 118 valence electrons. The summed E-state index contributed by atoms with van der Waals surface area (Å²) in [4.78, 5) is 11.8. The molecule has 0 heterocycles. The summed E-state index contributed by atoms with van der Waals surface area (Å²) in [5, 5.41) is 3.34. The number of nitrogens with one attached hydrogen (secondary N) is 1. The van der Waals surface area contributed by atoms with E-state index in [-0.39, 0.29) is 17.4 Å². The third-order valence-electron chi connectivity index (χ3n) is 3.23. The lowest BCUT2D eigenvalue weighted by molar-refractivity contribution is -0.119. The summed E-state index contributed by atoms with van der Waals surface area (Å²) in [5.74, 6) is 0.131. The monoisotopic (exact) mass is 297 g/mol. The Labute approximate surface area is 134 Å². The van der Waals surface area contributed by atoms with Gasteiger partial charge in [-0.25, -0.2) is 0 Å². The number of hydrogen-bond donors (Lipinski definition) is 1. The molecule has 0 aliphatic rings. The Morgan fingerprint density at radius 2 is 1.77 bits per heavy atom. The van der Waals surface area contributed by atoms with Gasteiger partial charge in [-0.1, -0.05) is 61.2 Å². The highest BCUT2D eigenvalue weighted by Gasteiger charge is 2.20. The lowest BCUT2D eigenvalue weighted by atomic mass is 9.98. The summed E-state index contributed by atoms with van der Waals surface area (Å²) in [5.41, 5.74) is 2.83. The van der Waals surface area contributed by atoms with E-state index in [0.29, 0.717) is 6.42 Å². The van der Waals surface area contributed by atoms with Crippen molar-refractivity contribution in [1.82, 2.24) is 5.32 Å². The maximum atomic E-state index is 11.8. The summed E-state index contributed by atoms with van der Waals surface area (Å²) in [6.45, 7) is 15.9. The van der Waals surface area contributed by atoms with E-state index in [1.807, 2.05) is 42.5 Å². The van der Waals surface area contributed by atoms with Gasteiger partial charge in [0.05, 0.1) is 6.04 Å². The highest BCUT2D eigenvalue weighted by Crippen LogP contribution is 2.16. The smallest absolute Gasteiger partial charge is 0.147 e. The average molecular weight is 297 g/mol. The van der Waals surface area contributed by atoms with Gasteiger partial charge in [0.1, 0.15) is 5.78 Å². The molecule has 1 rings (SSSR count). The minimum atomic E-state index is -0.206. The largest absolute Gasteiger partial charge is 0.302 e. The number of carbonyl (C=O) groups excluding carboxylic acids is 1. The van der Waals surface area contributed by atoms with Crippen molar-refractivity contribution in [3.8, 4) is 0 Å². The van der Waals surface area contributed by atoms with Crippen LogP contribution >= 0.6 is 0 Å². The molecule has 0 fully saturated rings. The van der Waals surface area contributed by atoms with Crippen molar-refractivity contribution in [2.45, 2.75) is 45.7 Å². The van der Waals surface area contributed by atoms with Gasteiger partial charge in [0.25, 0.3) is 0 Å². The molecular formula is C20H27NO.